The molecule has 6 heteroatoms. The van der Waals surface area contributed by atoms with E-state index in [9.17, 15) is 9.59 Å². The Labute approximate surface area is 130 Å². The van der Waals surface area contributed by atoms with E-state index in [2.05, 4.69) is 27.9 Å². The fraction of sp³-hybridized carbons (Fsp3) is 0.429. The summed E-state index contributed by atoms with van der Waals surface area (Å²) in [5.41, 5.74) is -0.161. The van der Waals surface area contributed by atoms with Gasteiger partial charge >= 0.3 is 5.97 Å². The van der Waals surface area contributed by atoms with Crippen LogP contribution in [-0.2, 0) is 9.53 Å². The van der Waals surface area contributed by atoms with E-state index in [0.717, 1.165) is 3.57 Å². The molecule has 1 aromatic carbocycles. The van der Waals surface area contributed by atoms with Gasteiger partial charge in [-0.1, -0.05) is 0 Å². The second-order valence-electron chi connectivity index (χ2n) is 4.92. The summed E-state index contributed by atoms with van der Waals surface area (Å²) in [5, 5.41) is 12.0. The van der Waals surface area contributed by atoms with Crippen molar-refractivity contribution in [3.63, 3.8) is 0 Å². The van der Waals surface area contributed by atoms with Crippen LogP contribution in [0.1, 0.15) is 29.6 Å². The lowest BCUT2D eigenvalue weighted by molar-refractivity contribution is -0.139. The van der Waals surface area contributed by atoms with Gasteiger partial charge in [-0.05, 0) is 59.7 Å². The van der Waals surface area contributed by atoms with E-state index in [0.29, 0.717) is 31.6 Å². The van der Waals surface area contributed by atoms with Gasteiger partial charge in [0, 0.05) is 22.3 Å². The van der Waals surface area contributed by atoms with Gasteiger partial charge in [0.2, 0.25) is 0 Å². The Morgan fingerprint density at radius 2 is 1.85 bits per heavy atom. The number of hydrogen-bond acceptors (Lipinski definition) is 3. The second kappa shape index (κ2) is 6.53. The molecule has 1 aliphatic heterocycles. The Hall–Kier alpha value is -1.15. The van der Waals surface area contributed by atoms with Gasteiger partial charge in [0.1, 0.15) is 0 Å². The third-order valence-corrected chi connectivity index (χ3v) is 4.14. The topological polar surface area (TPSA) is 75.6 Å². The fourth-order valence-corrected chi connectivity index (χ4v) is 2.67. The largest absolute Gasteiger partial charge is 0.481 e. The van der Waals surface area contributed by atoms with Gasteiger partial charge < -0.3 is 15.2 Å². The predicted molar refractivity (Wildman–Crippen MR) is 81.7 cm³/mol. The summed E-state index contributed by atoms with van der Waals surface area (Å²) in [6, 6.07) is 7.18. The van der Waals surface area contributed by atoms with Crippen molar-refractivity contribution in [1.29, 1.82) is 0 Å². The molecular formula is C14H16INO4. The zero-order valence-corrected chi connectivity index (χ0v) is 13.1. The molecule has 1 fully saturated rings. The average molecular weight is 389 g/mol. The van der Waals surface area contributed by atoms with Crippen molar-refractivity contribution < 1.29 is 19.4 Å². The average Bonchev–Trinajstić information content (AvgIpc) is 2.39. The molecule has 0 unspecified atom stereocenters. The van der Waals surface area contributed by atoms with Crippen molar-refractivity contribution in [1.82, 2.24) is 5.32 Å². The molecule has 0 atom stereocenters. The molecule has 1 amide bonds. The highest BCUT2D eigenvalue weighted by Gasteiger charge is 2.36. The first-order chi connectivity index (χ1) is 9.51. The SMILES string of the molecule is O=C(O)CC1(NC(=O)c2ccc(I)cc2)CCOCC1. The number of ether oxygens (including phenoxy) is 1. The number of carboxylic acids is 1. The van der Waals surface area contributed by atoms with Crippen LogP contribution in [0.3, 0.4) is 0 Å². The summed E-state index contributed by atoms with van der Waals surface area (Å²) in [4.78, 5) is 23.3. The van der Waals surface area contributed by atoms with Crippen LogP contribution in [0.25, 0.3) is 0 Å². The molecule has 0 aromatic heterocycles. The number of nitrogens with one attached hydrogen (secondary N) is 1. The zero-order valence-electron chi connectivity index (χ0n) is 10.9. The normalized spacial score (nSPS) is 17.4. The lowest BCUT2D eigenvalue weighted by Gasteiger charge is -2.36. The monoisotopic (exact) mass is 389 g/mol. The second-order valence-corrected chi connectivity index (χ2v) is 6.17. The summed E-state index contributed by atoms with van der Waals surface area (Å²) in [5.74, 6) is -1.14. The first-order valence-corrected chi connectivity index (χ1v) is 7.46. The maximum absolute atomic E-state index is 12.3. The Balaban J connectivity index is 2.12. The predicted octanol–water partition coefficient (Wildman–Crippen LogP) is 2.04. The molecule has 0 spiro atoms. The molecule has 0 radical (unpaired) electrons. The van der Waals surface area contributed by atoms with Crippen LogP contribution in [0.5, 0.6) is 0 Å². The van der Waals surface area contributed by atoms with Crippen LogP contribution in [0, 0.1) is 3.57 Å². The molecule has 0 aliphatic carbocycles. The van der Waals surface area contributed by atoms with Crippen LogP contribution in [-0.4, -0.2) is 35.7 Å². The fourth-order valence-electron chi connectivity index (χ4n) is 2.31. The molecule has 1 aliphatic rings. The molecule has 108 valence electrons. The van der Waals surface area contributed by atoms with Crippen molar-refractivity contribution in [3.8, 4) is 0 Å². The van der Waals surface area contributed by atoms with Gasteiger partial charge in [0.15, 0.2) is 0 Å². The minimum Gasteiger partial charge on any atom is -0.481 e. The summed E-state index contributed by atoms with van der Waals surface area (Å²) < 4.78 is 6.31. The maximum atomic E-state index is 12.3. The van der Waals surface area contributed by atoms with Crippen LogP contribution in [0.2, 0.25) is 0 Å². The molecule has 1 heterocycles. The third-order valence-electron chi connectivity index (χ3n) is 3.42. The van der Waals surface area contributed by atoms with Crippen LogP contribution >= 0.6 is 22.6 Å². The summed E-state index contributed by atoms with van der Waals surface area (Å²) in [6.45, 7) is 0.945. The summed E-state index contributed by atoms with van der Waals surface area (Å²) in [7, 11) is 0. The van der Waals surface area contributed by atoms with Crippen LogP contribution < -0.4 is 5.32 Å². The van der Waals surface area contributed by atoms with E-state index in [1.54, 1.807) is 12.1 Å². The lowest BCUT2D eigenvalue weighted by atomic mass is 9.86. The Kier molecular flexibility index (Phi) is 4.98. The number of halogens is 1. The van der Waals surface area contributed by atoms with Crippen LogP contribution in [0.15, 0.2) is 24.3 Å². The first kappa shape index (κ1) is 15.2. The molecule has 0 saturated carbocycles. The number of rotatable bonds is 4. The Morgan fingerprint density at radius 3 is 2.40 bits per heavy atom. The molecular weight excluding hydrogens is 373 g/mol. The number of hydrogen-bond donors (Lipinski definition) is 2. The number of carbonyl (C=O) groups is 2. The molecule has 2 rings (SSSR count). The standard InChI is InChI=1S/C14H16INO4/c15-11-3-1-10(2-4-11)13(19)16-14(9-12(17)18)5-7-20-8-6-14/h1-4H,5-9H2,(H,16,19)(H,17,18). The highest BCUT2D eigenvalue weighted by atomic mass is 127. The van der Waals surface area contributed by atoms with Crippen molar-refractivity contribution >= 4 is 34.5 Å². The van der Waals surface area contributed by atoms with Crippen molar-refractivity contribution in [2.45, 2.75) is 24.8 Å². The highest BCUT2D eigenvalue weighted by molar-refractivity contribution is 14.1. The molecule has 1 saturated heterocycles. The van der Waals surface area contributed by atoms with Gasteiger partial charge in [-0.2, -0.15) is 0 Å². The van der Waals surface area contributed by atoms with Crippen LogP contribution in [0.4, 0.5) is 0 Å². The van der Waals surface area contributed by atoms with Crippen molar-refractivity contribution in [2.75, 3.05) is 13.2 Å². The van der Waals surface area contributed by atoms with Crippen molar-refractivity contribution in [2.24, 2.45) is 0 Å². The molecule has 20 heavy (non-hydrogen) atoms. The van der Waals surface area contributed by atoms with E-state index in [1.165, 1.54) is 0 Å². The van der Waals surface area contributed by atoms with E-state index in [4.69, 9.17) is 9.84 Å². The minimum atomic E-state index is -0.908. The van der Waals surface area contributed by atoms with Gasteiger partial charge in [-0.25, -0.2) is 0 Å². The molecule has 0 bridgehead atoms. The van der Waals surface area contributed by atoms with E-state index in [-0.39, 0.29) is 12.3 Å². The maximum Gasteiger partial charge on any atom is 0.305 e. The highest BCUT2D eigenvalue weighted by Crippen LogP contribution is 2.25. The number of benzene rings is 1. The third kappa shape index (κ3) is 3.92. The lowest BCUT2D eigenvalue weighted by Crippen LogP contribution is -2.53. The van der Waals surface area contributed by atoms with Crippen molar-refractivity contribution in [3.05, 3.63) is 33.4 Å². The smallest absolute Gasteiger partial charge is 0.305 e. The molecule has 2 N–H and O–H groups in total. The van der Waals surface area contributed by atoms with Gasteiger partial charge in [0.05, 0.1) is 12.0 Å². The molecule has 5 nitrogen and oxygen atoms in total. The Bertz CT molecular complexity index is 494. The summed E-state index contributed by atoms with van der Waals surface area (Å²) >= 11 is 2.17. The van der Waals surface area contributed by atoms with Gasteiger partial charge in [-0.3, -0.25) is 9.59 Å². The van der Waals surface area contributed by atoms with Gasteiger partial charge in [-0.15, -0.1) is 0 Å². The minimum absolute atomic E-state index is 0.0769. The first-order valence-electron chi connectivity index (χ1n) is 6.38. The van der Waals surface area contributed by atoms with E-state index < -0.39 is 11.5 Å². The van der Waals surface area contributed by atoms with Gasteiger partial charge in [0.25, 0.3) is 5.91 Å². The quantitative estimate of drug-likeness (QED) is 0.773. The van der Waals surface area contributed by atoms with E-state index >= 15 is 0 Å². The Morgan fingerprint density at radius 1 is 1.25 bits per heavy atom. The number of amides is 1. The van der Waals surface area contributed by atoms with E-state index in [1.807, 2.05) is 12.1 Å². The summed E-state index contributed by atoms with van der Waals surface area (Å²) in [6.07, 6.45) is 0.970. The number of carboxylic acid groups (broad SMARTS) is 1. The number of aliphatic carboxylic acids is 1. The number of carbonyl (C=O) groups excluding carboxylic acids is 1. The zero-order chi connectivity index (χ0) is 14.6. The molecule has 1 aromatic rings.